The number of nitrogens with zero attached hydrogens (tertiary/aromatic N) is 2. The van der Waals surface area contributed by atoms with Crippen molar-refractivity contribution in [2.24, 2.45) is 0 Å². The van der Waals surface area contributed by atoms with Gasteiger partial charge in [0.15, 0.2) is 11.5 Å². The molecule has 0 spiro atoms. The smallest absolute Gasteiger partial charge is 0.354 e. The second kappa shape index (κ2) is 5.88. The molecule has 0 saturated heterocycles. The number of hydrogen-bond donors (Lipinski definition) is 1. The number of carboxylic acid groups (broad SMARTS) is 1. The quantitative estimate of drug-likeness (QED) is 0.877. The van der Waals surface area contributed by atoms with Crippen LogP contribution in [0.25, 0.3) is 0 Å². The van der Waals surface area contributed by atoms with E-state index in [0.29, 0.717) is 5.75 Å². The Balaban J connectivity index is 2.14. The van der Waals surface area contributed by atoms with E-state index in [2.05, 4.69) is 9.97 Å². The molecule has 0 bridgehead atoms. The van der Waals surface area contributed by atoms with Gasteiger partial charge in [-0.1, -0.05) is 17.7 Å². The van der Waals surface area contributed by atoms with Gasteiger partial charge in [-0.2, -0.15) is 0 Å². The van der Waals surface area contributed by atoms with Crippen LogP contribution >= 0.6 is 11.6 Å². The standard InChI is InChI=1S/C14H13ClN2O3/c1-8-3-4-10(5-9(8)2)20-7-13-16-11(14(18)19)6-12(15)17-13/h3-6H,7H2,1-2H3,(H,18,19). The monoisotopic (exact) mass is 292 g/mol. The predicted molar refractivity (Wildman–Crippen MR) is 74.2 cm³/mol. The fourth-order valence-corrected chi connectivity index (χ4v) is 1.79. The third kappa shape index (κ3) is 3.45. The van der Waals surface area contributed by atoms with Crippen LogP contribution in [0.5, 0.6) is 5.75 Å². The molecular weight excluding hydrogens is 280 g/mol. The molecule has 0 aliphatic carbocycles. The number of rotatable bonds is 4. The van der Waals surface area contributed by atoms with Crippen LogP contribution in [-0.2, 0) is 6.61 Å². The van der Waals surface area contributed by atoms with Crippen molar-refractivity contribution in [2.45, 2.75) is 20.5 Å². The number of carbonyl (C=O) groups is 1. The fraction of sp³-hybridized carbons (Fsp3) is 0.214. The Labute approximate surface area is 121 Å². The summed E-state index contributed by atoms with van der Waals surface area (Å²) in [5, 5.41) is 8.98. The van der Waals surface area contributed by atoms with E-state index in [1.807, 2.05) is 32.0 Å². The zero-order valence-electron chi connectivity index (χ0n) is 11.1. The number of aryl methyl sites for hydroxylation is 2. The molecule has 0 atom stereocenters. The summed E-state index contributed by atoms with van der Waals surface area (Å²) in [5.41, 5.74) is 2.13. The van der Waals surface area contributed by atoms with E-state index in [0.717, 1.165) is 5.56 Å². The molecule has 0 saturated carbocycles. The van der Waals surface area contributed by atoms with Crippen LogP contribution in [0.15, 0.2) is 24.3 Å². The maximum absolute atomic E-state index is 10.9. The van der Waals surface area contributed by atoms with Crippen LogP contribution in [0.4, 0.5) is 0 Å². The average molecular weight is 293 g/mol. The molecule has 2 rings (SSSR count). The molecule has 0 unspecified atom stereocenters. The third-order valence-electron chi connectivity index (χ3n) is 2.81. The van der Waals surface area contributed by atoms with Gasteiger partial charge in [0, 0.05) is 6.07 Å². The lowest BCUT2D eigenvalue weighted by Crippen LogP contribution is -2.08. The van der Waals surface area contributed by atoms with Crippen LogP contribution < -0.4 is 4.74 Å². The number of aromatic nitrogens is 2. The van der Waals surface area contributed by atoms with Crippen molar-refractivity contribution >= 4 is 17.6 Å². The molecule has 6 heteroatoms. The molecule has 1 aromatic carbocycles. The lowest BCUT2D eigenvalue weighted by Gasteiger charge is -2.08. The summed E-state index contributed by atoms with van der Waals surface area (Å²) < 4.78 is 5.54. The highest BCUT2D eigenvalue weighted by atomic mass is 35.5. The average Bonchev–Trinajstić information content (AvgIpc) is 2.39. The minimum atomic E-state index is -1.15. The highest BCUT2D eigenvalue weighted by molar-refractivity contribution is 6.29. The van der Waals surface area contributed by atoms with Crippen molar-refractivity contribution in [3.8, 4) is 5.75 Å². The minimum Gasteiger partial charge on any atom is -0.486 e. The van der Waals surface area contributed by atoms with Crippen LogP contribution in [0.3, 0.4) is 0 Å². The summed E-state index contributed by atoms with van der Waals surface area (Å²) in [6.45, 7) is 4.06. The first-order valence-electron chi connectivity index (χ1n) is 5.92. The normalized spacial score (nSPS) is 10.3. The summed E-state index contributed by atoms with van der Waals surface area (Å²) >= 11 is 5.75. The molecule has 1 N–H and O–H groups in total. The fourth-order valence-electron chi connectivity index (χ4n) is 1.59. The van der Waals surface area contributed by atoms with E-state index in [9.17, 15) is 4.79 Å². The number of benzene rings is 1. The van der Waals surface area contributed by atoms with Crippen LogP contribution in [-0.4, -0.2) is 21.0 Å². The van der Waals surface area contributed by atoms with Crippen molar-refractivity contribution in [1.82, 2.24) is 9.97 Å². The molecule has 0 radical (unpaired) electrons. The molecule has 20 heavy (non-hydrogen) atoms. The highest BCUT2D eigenvalue weighted by Crippen LogP contribution is 2.17. The molecule has 0 aliphatic heterocycles. The summed E-state index contributed by atoms with van der Waals surface area (Å²) in [6, 6.07) is 6.89. The third-order valence-corrected chi connectivity index (χ3v) is 3.00. The largest absolute Gasteiger partial charge is 0.486 e. The van der Waals surface area contributed by atoms with Gasteiger partial charge in [0.1, 0.15) is 17.5 Å². The summed E-state index contributed by atoms with van der Waals surface area (Å²) in [6.07, 6.45) is 0. The van der Waals surface area contributed by atoms with Crippen molar-refractivity contribution in [1.29, 1.82) is 0 Å². The summed E-state index contributed by atoms with van der Waals surface area (Å²) in [7, 11) is 0. The topological polar surface area (TPSA) is 72.3 Å². The molecule has 0 aliphatic rings. The van der Waals surface area contributed by atoms with Gasteiger partial charge in [0.25, 0.3) is 0 Å². The van der Waals surface area contributed by atoms with Gasteiger partial charge < -0.3 is 9.84 Å². The van der Waals surface area contributed by atoms with Crippen molar-refractivity contribution in [2.75, 3.05) is 0 Å². The van der Waals surface area contributed by atoms with E-state index >= 15 is 0 Å². The SMILES string of the molecule is Cc1ccc(OCc2nc(Cl)cc(C(=O)O)n2)cc1C. The maximum atomic E-state index is 10.9. The van der Waals surface area contributed by atoms with E-state index < -0.39 is 5.97 Å². The van der Waals surface area contributed by atoms with Gasteiger partial charge in [-0.3, -0.25) is 0 Å². The number of carboxylic acids is 1. The maximum Gasteiger partial charge on any atom is 0.354 e. The van der Waals surface area contributed by atoms with Gasteiger partial charge in [0.2, 0.25) is 0 Å². The predicted octanol–water partition coefficient (Wildman–Crippen LogP) is 3.02. The first-order chi connectivity index (χ1) is 9.45. The Kier molecular flexibility index (Phi) is 4.20. The molecule has 5 nitrogen and oxygen atoms in total. The Bertz CT molecular complexity index is 659. The highest BCUT2D eigenvalue weighted by Gasteiger charge is 2.10. The lowest BCUT2D eigenvalue weighted by atomic mass is 10.1. The minimum absolute atomic E-state index is 0.0589. The van der Waals surface area contributed by atoms with E-state index in [1.165, 1.54) is 11.6 Å². The first kappa shape index (κ1) is 14.3. The van der Waals surface area contributed by atoms with Gasteiger partial charge in [0.05, 0.1) is 0 Å². The van der Waals surface area contributed by atoms with Gasteiger partial charge in [-0.25, -0.2) is 14.8 Å². The number of halogens is 1. The van der Waals surface area contributed by atoms with Crippen molar-refractivity contribution in [3.05, 3.63) is 52.1 Å². The Hall–Kier alpha value is -2.14. The zero-order chi connectivity index (χ0) is 14.7. The molecule has 104 valence electrons. The molecule has 0 fully saturated rings. The molecule has 2 aromatic rings. The van der Waals surface area contributed by atoms with Gasteiger partial charge in [-0.05, 0) is 37.1 Å². The van der Waals surface area contributed by atoms with E-state index in [-0.39, 0.29) is 23.3 Å². The van der Waals surface area contributed by atoms with E-state index in [1.54, 1.807) is 0 Å². The second-order valence-corrected chi connectivity index (χ2v) is 4.72. The molecule has 1 heterocycles. The van der Waals surface area contributed by atoms with Crippen LogP contribution in [0.1, 0.15) is 27.4 Å². The molecular formula is C14H13ClN2O3. The Morgan fingerprint density at radius 3 is 2.65 bits per heavy atom. The number of aromatic carboxylic acids is 1. The second-order valence-electron chi connectivity index (χ2n) is 4.33. The van der Waals surface area contributed by atoms with Crippen molar-refractivity contribution in [3.63, 3.8) is 0 Å². The molecule has 1 aromatic heterocycles. The van der Waals surface area contributed by atoms with Gasteiger partial charge >= 0.3 is 5.97 Å². The first-order valence-corrected chi connectivity index (χ1v) is 6.30. The summed E-state index contributed by atoms with van der Waals surface area (Å²) in [4.78, 5) is 18.7. The van der Waals surface area contributed by atoms with E-state index in [4.69, 9.17) is 21.4 Å². The number of ether oxygens (including phenoxy) is 1. The van der Waals surface area contributed by atoms with Crippen molar-refractivity contribution < 1.29 is 14.6 Å². The Morgan fingerprint density at radius 2 is 2.00 bits per heavy atom. The van der Waals surface area contributed by atoms with Crippen LogP contribution in [0.2, 0.25) is 5.15 Å². The number of hydrogen-bond acceptors (Lipinski definition) is 4. The molecule has 0 amide bonds. The Morgan fingerprint density at radius 1 is 1.25 bits per heavy atom. The summed E-state index contributed by atoms with van der Waals surface area (Å²) in [5.74, 6) is -0.247. The zero-order valence-corrected chi connectivity index (χ0v) is 11.8. The van der Waals surface area contributed by atoms with Gasteiger partial charge in [-0.15, -0.1) is 0 Å². The van der Waals surface area contributed by atoms with Crippen LogP contribution in [0, 0.1) is 13.8 Å². The lowest BCUT2D eigenvalue weighted by molar-refractivity contribution is 0.0689.